The Kier molecular flexibility index (Phi) is 4.89. The summed E-state index contributed by atoms with van der Waals surface area (Å²) >= 11 is 2.99. The van der Waals surface area contributed by atoms with E-state index in [9.17, 15) is 9.59 Å². The molecular formula is C17H15N5O2S2. The van der Waals surface area contributed by atoms with Crippen LogP contribution in [0.4, 0.5) is 0 Å². The summed E-state index contributed by atoms with van der Waals surface area (Å²) in [5.41, 5.74) is 1.04. The quantitative estimate of drug-likeness (QED) is 0.528. The number of nitrogens with zero attached hydrogens (tertiary/aromatic N) is 4. The van der Waals surface area contributed by atoms with Gasteiger partial charge in [0.05, 0.1) is 6.04 Å². The largest absolute Gasteiger partial charge is 0.301 e. The van der Waals surface area contributed by atoms with Crippen LogP contribution in [0.2, 0.25) is 0 Å². The fourth-order valence-electron chi connectivity index (χ4n) is 2.62. The molecule has 9 heteroatoms. The number of nitrogens with one attached hydrogen (secondary N) is 1. The zero-order valence-corrected chi connectivity index (χ0v) is 15.3. The first-order valence-electron chi connectivity index (χ1n) is 8.03. The van der Waals surface area contributed by atoms with Crippen LogP contribution in [-0.4, -0.2) is 36.2 Å². The zero-order valence-electron chi connectivity index (χ0n) is 13.7. The van der Waals surface area contributed by atoms with E-state index >= 15 is 0 Å². The second-order valence-electron chi connectivity index (χ2n) is 5.77. The summed E-state index contributed by atoms with van der Waals surface area (Å²) in [6.45, 7) is 0. The lowest BCUT2D eigenvalue weighted by Gasteiger charge is -2.12. The van der Waals surface area contributed by atoms with Crippen molar-refractivity contribution in [2.75, 3.05) is 11.5 Å². The van der Waals surface area contributed by atoms with E-state index in [2.05, 4.69) is 20.1 Å². The summed E-state index contributed by atoms with van der Waals surface area (Å²) in [5, 5.41) is 5.80. The minimum atomic E-state index is -0.269. The van der Waals surface area contributed by atoms with Crippen LogP contribution in [0.1, 0.15) is 17.3 Å². The van der Waals surface area contributed by atoms with Gasteiger partial charge in [0.25, 0.3) is 11.1 Å². The van der Waals surface area contributed by atoms with Gasteiger partial charge in [-0.1, -0.05) is 53.9 Å². The molecular weight excluding hydrogens is 370 g/mol. The van der Waals surface area contributed by atoms with Gasteiger partial charge in [0.2, 0.25) is 0 Å². The number of H-pyrrole nitrogens is 1. The third-order valence-electron chi connectivity index (χ3n) is 3.89. The third kappa shape index (κ3) is 3.73. The topological polar surface area (TPSA) is 93.5 Å². The van der Waals surface area contributed by atoms with Crippen molar-refractivity contribution in [3.8, 4) is 0 Å². The zero-order chi connectivity index (χ0) is 17.9. The summed E-state index contributed by atoms with van der Waals surface area (Å²) in [7, 11) is 0. The molecule has 4 rings (SSSR count). The van der Waals surface area contributed by atoms with E-state index in [1.165, 1.54) is 35.8 Å². The molecule has 1 N–H and O–H groups in total. The number of rotatable bonds is 5. The van der Waals surface area contributed by atoms with Crippen LogP contribution in [0.5, 0.6) is 0 Å². The van der Waals surface area contributed by atoms with Gasteiger partial charge in [-0.3, -0.25) is 9.59 Å². The van der Waals surface area contributed by atoms with Crippen molar-refractivity contribution in [2.24, 2.45) is 0 Å². The Morgan fingerprint density at radius 2 is 2.08 bits per heavy atom. The van der Waals surface area contributed by atoms with E-state index in [0.717, 1.165) is 11.3 Å². The van der Waals surface area contributed by atoms with Gasteiger partial charge in [-0.25, -0.2) is 9.67 Å². The number of hydrogen-bond donors (Lipinski definition) is 1. The van der Waals surface area contributed by atoms with Crippen LogP contribution in [-0.2, 0) is 6.42 Å². The lowest BCUT2D eigenvalue weighted by Crippen LogP contribution is -2.24. The predicted octanol–water partition coefficient (Wildman–Crippen LogP) is 1.75. The van der Waals surface area contributed by atoms with Gasteiger partial charge in [0, 0.05) is 30.2 Å². The normalized spacial score (nSPS) is 15.8. The molecule has 1 unspecified atom stereocenters. The molecule has 0 saturated heterocycles. The van der Waals surface area contributed by atoms with Crippen LogP contribution >= 0.6 is 23.5 Å². The Morgan fingerprint density at radius 3 is 2.88 bits per heavy atom. The molecule has 0 fully saturated rings. The Hall–Kier alpha value is -2.39. The molecule has 1 aromatic carbocycles. The minimum absolute atomic E-state index is 0.0909. The van der Waals surface area contributed by atoms with Gasteiger partial charge in [-0.05, 0) is 5.56 Å². The van der Waals surface area contributed by atoms with Gasteiger partial charge < -0.3 is 4.98 Å². The standard InChI is InChI=1S/C17H15N5O2S2/c23-14-6-7-18-16(19-14)25-9-12-10-26-17-20-15(24)13(21-22(12)17)8-11-4-2-1-3-5-11/h1-7,12H,8-10H2,(H,18,19,23). The number of hydrogen-bond acceptors (Lipinski definition) is 7. The Morgan fingerprint density at radius 1 is 1.23 bits per heavy atom. The summed E-state index contributed by atoms with van der Waals surface area (Å²) in [6.07, 6.45) is 1.96. The third-order valence-corrected chi connectivity index (χ3v) is 6.01. The maximum absolute atomic E-state index is 12.3. The van der Waals surface area contributed by atoms with Crippen LogP contribution < -0.4 is 11.1 Å². The predicted molar refractivity (Wildman–Crippen MR) is 101 cm³/mol. The van der Waals surface area contributed by atoms with Gasteiger partial charge in [0.15, 0.2) is 10.3 Å². The fraction of sp³-hybridized carbons (Fsp3) is 0.235. The molecule has 0 radical (unpaired) electrons. The SMILES string of the molecule is O=c1ccnc(SCC2CSc3nc(=O)c(Cc4ccccc4)nn32)[nH]1. The number of thioether (sulfide) groups is 2. The average Bonchev–Trinajstić information content (AvgIpc) is 3.03. The van der Waals surface area contributed by atoms with Crippen molar-refractivity contribution in [3.05, 3.63) is 74.6 Å². The lowest BCUT2D eigenvalue weighted by molar-refractivity contribution is 0.475. The van der Waals surface area contributed by atoms with Crippen molar-refractivity contribution in [1.82, 2.24) is 24.7 Å². The second-order valence-corrected chi connectivity index (χ2v) is 7.76. The van der Waals surface area contributed by atoms with Gasteiger partial charge in [-0.2, -0.15) is 10.1 Å². The average molecular weight is 385 g/mol. The highest BCUT2D eigenvalue weighted by molar-refractivity contribution is 8.00. The molecule has 3 heterocycles. The minimum Gasteiger partial charge on any atom is -0.301 e. The molecule has 0 bridgehead atoms. The number of aromatic nitrogens is 5. The molecule has 0 aliphatic carbocycles. The summed E-state index contributed by atoms with van der Waals surface area (Å²) < 4.78 is 1.83. The first-order chi connectivity index (χ1) is 12.7. The van der Waals surface area contributed by atoms with Crippen molar-refractivity contribution >= 4 is 23.5 Å². The van der Waals surface area contributed by atoms with Crippen molar-refractivity contribution in [1.29, 1.82) is 0 Å². The highest BCUT2D eigenvalue weighted by Gasteiger charge is 2.26. The smallest absolute Gasteiger partial charge is 0.295 e. The lowest BCUT2D eigenvalue weighted by atomic mass is 10.1. The molecule has 1 atom stereocenters. The van der Waals surface area contributed by atoms with Crippen LogP contribution in [0.3, 0.4) is 0 Å². The van der Waals surface area contributed by atoms with Crippen LogP contribution in [0.15, 0.2) is 62.5 Å². The molecule has 0 saturated carbocycles. The van der Waals surface area contributed by atoms with Crippen LogP contribution in [0.25, 0.3) is 0 Å². The summed E-state index contributed by atoms with van der Waals surface area (Å²) in [4.78, 5) is 34.7. The summed E-state index contributed by atoms with van der Waals surface area (Å²) in [5.74, 6) is 1.48. The van der Waals surface area contributed by atoms with Gasteiger partial charge in [-0.15, -0.1) is 0 Å². The highest BCUT2D eigenvalue weighted by atomic mass is 32.2. The van der Waals surface area contributed by atoms with E-state index in [0.29, 0.717) is 28.2 Å². The van der Waals surface area contributed by atoms with E-state index in [4.69, 9.17) is 0 Å². The second kappa shape index (κ2) is 7.46. The molecule has 132 valence electrons. The molecule has 26 heavy (non-hydrogen) atoms. The summed E-state index contributed by atoms with van der Waals surface area (Å²) in [6, 6.07) is 11.2. The van der Waals surface area contributed by atoms with E-state index in [-0.39, 0.29) is 17.2 Å². The molecule has 7 nitrogen and oxygen atoms in total. The van der Waals surface area contributed by atoms with E-state index in [1.807, 2.05) is 35.0 Å². The van der Waals surface area contributed by atoms with Crippen LogP contribution in [0, 0.1) is 0 Å². The molecule has 1 aliphatic heterocycles. The van der Waals surface area contributed by atoms with E-state index in [1.54, 1.807) is 0 Å². The fourth-order valence-corrected chi connectivity index (χ4v) is 4.75. The maximum Gasteiger partial charge on any atom is 0.295 e. The molecule has 1 aliphatic rings. The monoisotopic (exact) mass is 385 g/mol. The molecule has 3 aromatic rings. The number of aromatic amines is 1. The Bertz CT molecular complexity index is 1040. The first-order valence-corrected chi connectivity index (χ1v) is 10.0. The van der Waals surface area contributed by atoms with Crippen molar-refractivity contribution in [2.45, 2.75) is 22.8 Å². The Labute approximate surface area is 157 Å². The van der Waals surface area contributed by atoms with Gasteiger partial charge >= 0.3 is 0 Å². The molecule has 0 spiro atoms. The Balaban J connectivity index is 1.54. The maximum atomic E-state index is 12.3. The highest BCUT2D eigenvalue weighted by Crippen LogP contribution is 2.32. The number of benzene rings is 1. The molecule has 0 amide bonds. The van der Waals surface area contributed by atoms with Gasteiger partial charge in [0.1, 0.15) is 5.69 Å². The van der Waals surface area contributed by atoms with E-state index < -0.39 is 0 Å². The molecule has 2 aromatic heterocycles. The first kappa shape index (κ1) is 17.0. The van der Waals surface area contributed by atoms with Crippen molar-refractivity contribution in [3.63, 3.8) is 0 Å². The number of fused-ring (bicyclic) bond motifs is 1. The van der Waals surface area contributed by atoms with Crippen molar-refractivity contribution < 1.29 is 0 Å².